The minimum Gasteiger partial charge on any atom is -0.441 e. The number of nitrogens with zero attached hydrogens (tertiary/aromatic N) is 4. The standard InChI is InChI=1S/C20H22N4O3/c1-14-21-17-11-15(3-4-18(17)27-14)12-19(25)23-7-9-24(10-8-23)20(26)16-5-6-22(2)13-16/h3-6,11,13H,7-10,12H2,1-2H3. The van der Waals surface area contributed by atoms with Gasteiger partial charge in [0.05, 0.1) is 12.0 Å². The molecular formula is C20H22N4O3. The van der Waals surface area contributed by atoms with Crippen molar-refractivity contribution in [1.82, 2.24) is 19.4 Å². The van der Waals surface area contributed by atoms with Crippen LogP contribution in [0, 0.1) is 6.92 Å². The maximum absolute atomic E-state index is 12.6. The molecule has 0 unspecified atom stereocenters. The second-order valence-corrected chi connectivity index (χ2v) is 6.95. The molecule has 140 valence electrons. The Morgan fingerprint density at radius 1 is 1.11 bits per heavy atom. The molecule has 7 heteroatoms. The summed E-state index contributed by atoms with van der Waals surface area (Å²) >= 11 is 0. The molecule has 0 saturated carbocycles. The number of carbonyl (C=O) groups is 2. The van der Waals surface area contributed by atoms with E-state index in [9.17, 15) is 9.59 Å². The fourth-order valence-corrected chi connectivity index (χ4v) is 3.46. The van der Waals surface area contributed by atoms with E-state index in [1.807, 2.05) is 58.1 Å². The number of rotatable bonds is 3. The Balaban J connectivity index is 1.35. The van der Waals surface area contributed by atoms with Gasteiger partial charge >= 0.3 is 0 Å². The third-order valence-electron chi connectivity index (χ3n) is 4.91. The van der Waals surface area contributed by atoms with E-state index in [1.54, 1.807) is 6.92 Å². The van der Waals surface area contributed by atoms with Crippen molar-refractivity contribution in [3.8, 4) is 0 Å². The second-order valence-electron chi connectivity index (χ2n) is 6.95. The Morgan fingerprint density at radius 2 is 1.85 bits per heavy atom. The van der Waals surface area contributed by atoms with E-state index in [0.717, 1.165) is 16.7 Å². The molecule has 2 amide bonds. The van der Waals surface area contributed by atoms with Crippen LogP contribution in [0.15, 0.2) is 41.1 Å². The van der Waals surface area contributed by atoms with E-state index >= 15 is 0 Å². The summed E-state index contributed by atoms with van der Waals surface area (Å²) in [5, 5.41) is 0. The number of hydrogen-bond acceptors (Lipinski definition) is 4. The van der Waals surface area contributed by atoms with Gasteiger partial charge in [-0.3, -0.25) is 9.59 Å². The minimum absolute atomic E-state index is 0.0227. The van der Waals surface area contributed by atoms with Crippen LogP contribution in [0.25, 0.3) is 11.1 Å². The molecule has 2 aromatic heterocycles. The lowest BCUT2D eigenvalue weighted by Gasteiger charge is -2.34. The summed E-state index contributed by atoms with van der Waals surface area (Å²) in [6.07, 6.45) is 4.01. The highest BCUT2D eigenvalue weighted by molar-refractivity contribution is 5.94. The summed E-state index contributed by atoms with van der Waals surface area (Å²) in [4.78, 5) is 33.1. The van der Waals surface area contributed by atoms with Gasteiger partial charge in [0, 0.05) is 52.5 Å². The zero-order valence-electron chi connectivity index (χ0n) is 15.5. The van der Waals surface area contributed by atoms with Crippen molar-refractivity contribution in [3.05, 3.63) is 53.7 Å². The highest BCUT2D eigenvalue weighted by atomic mass is 16.3. The fourth-order valence-electron chi connectivity index (χ4n) is 3.46. The zero-order valence-corrected chi connectivity index (χ0v) is 15.5. The molecule has 1 aliphatic rings. The van der Waals surface area contributed by atoms with E-state index in [1.165, 1.54) is 0 Å². The number of hydrogen-bond donors (Lipinski definition) is 0. The molecule has 0 radical (unpaired) electrons. The third kappa shape index (κ3) is 3.58. The van der Waals surface area contributed by atoms with Gasteiger partial charge in [0.1, 0.15) is 5.52 Å². The SMILES string of the molecule is Cc1nc2cc(CC(=O)N3CCN(C(=O)c4ccn(C)c4)CC3)ccc2o1. The molecule has 0 N–H and O–H groups in total. The quantitative estimate of drug-likeness (QED) is 0.711. The fraction of sp³-hybridized carbons (Fsp3) is 0.350. The predicted octanol–water partition coefficient (Wildman–Crippen LogP) is 2.00. The maximum atomic E-state index is 12.6. The van der Waals surface area contributed by atoms with Crippen molar-refractivity contribution in [2.75, 3.05) is 26.2 Å². The highest BCUT2D eigenvalue weighted by Gasteiger charge is 2.25. The Morgan fingerprint density at radius 3 is 2.56 bits per heavy atom. The largest absolute Gasteiger partial charge is 0.441 e. The molecule has 1 aromatic carbocycles. The Kier molecular flexibility index (Phi) is 4.43. The molecule has 1 aliphatic heterocycles. The molecule has 3 aromatic rings. The molecule has 7 nitrogen and oxygen atoms in total. The Labute approximate surface area is 157 Å². The first-order valence-corrected chi connectivity index (χ1v) is 9.05. The van der Waals surface area contributed by atoms with Crippen molar-refractivity contribution in [1.29, 1.82) is 0 Å². The molecular weight excluding hydrogens is 344 g/mol. The summed E-state index contributed by atoms with van der Waals surface area (Å²) in [5.74, 6) is 0.712. The van der Waals surface area contributed by atoms with E-state index in [4.69, 9.17) is 4.42 Å². The Hall–Kier alpha value is -3.09. The van der Waals surface area contributed by atoms with Crippen molar-refractivity contribution in [2.24, 2.45) is 7.05 Å². The molecule has 27 heavy (non-hydrogen) atoms. The van der Waals surface area contributed by atoms with Gasteiger partial charge in [-0.05, 0) is 23.8 Å². The minimum atomic E-state index is 0.0227. The average molecular weight is 366 g/mol. The van der Waals surface area contributed by atoms with E-state index in [-0.39, 0.29) is 11.8 Å². The molecule has 4 rings (SSSR count). The van der Waals surface area contributed by atoms with Gasteiger partial charge in [0.25, 0.3) is 5.91 Å². The first-order chi connectivity index (χ1) is 13.0. The van der Waals surface area contributed by atoms with Gasteiger partial charge in [-0.15, -0.1) is 0 Å². The number of piperazine rings is 1. The number of aromatic nitrogens is 2. The lowest BCUT2D eigenvalue weighted by molar-refractivity contribution is -0.131. The average Bonchev–Trinajstić information content (AvgIpc) is 3.25. The summed E-state index contributed by atoms with van der Waals surface area (Å²) in [6, 6.07) is 7.48. The topological polar surface area (TPSA) is 71.6 Å². The van der Waals surface area contributed by atoms with E-state index in [0.29, 0.717) is 44.1 Å². The number of carbonyl (C=O) groups excluding carboxylic acids is 2. The van der Waals surface area contributed by atoms with Crippen LogP contribution >= 0.6 is 0 Å². The van der Waals surface area contributed by atoms with Gasteiger partial charge in [-0.1, -0.05) is 6.07 Å². The maximum Gasteiger partial charge on any atom is 0.255 e. The third-order valence-corrected chi connectivity index (χ3v) is 4.91. The monoisotopic (exact) mass is 366 g/mol. The molecule has 0 bridgehead atoms. The number of benzene rings is 1. The molecule has 0 spiro atoms. The molecule has 0 atom stereocenters. The molecule has 0 aliphatic carbocycles. The summed E-state index contributed by atoms with van der Waals surface area (Å²) in [7, 11) is 1.89. The number of amides is 2. The lowest BCUT2D eigenvalue weighted by atomic mass is 10.1. The van der Waals surface area contributed by atoms with Crippen LogP contribution in [0.3, 0.4) is 0 Å². The summed E-state index contributed by atoms with van der Waals surface area (Å²) in [6.45, 7) is 4.04. The van der Waals surface area contributed by atoms with Crippen LogP contribution in [0.5, 0.6) is 0 Å². The van der Waals surface area contributed by atoms with Crippen LogP contribution in [-0.2, 0) is 18.3 Å². The van der Waals surface area contributed by atoms with Crippen molar-refractivity contribution < 1.29 is 14.0 Å². The van der Waals surface area contributed by atoms with Crippen molar-refractivity contribution in [3.63, 3.8) is 0 Å². The van der Waals surface area contributed by atoms with Gasteiger partial charge in [0.15, 0.2) is 11.5 Å². The lowest BCUT2D eigenvalue weighted by Crippen LogP contribution is -2.50. The first-order valence-electron chi connectivity index (χ1n) is 9.05. The molecule has 1 saturated heterocycles. The zero-order chi connectivity index (χ0) is 19.0. The van der Waals surface area contributed by atoms with Crippen LogP contribution < -0.4 is 0 Å². The molecule has 3 heterocycles. The van der Waals surface area contributed by atoms with Crippen molar-refractivity contribution >= 4 is 22.9 Å². The van der Waals surface area contributed by atoms with E-state index in [2.05, 4.69) is 4.98 Å². The normalized spacial score (nSPS) is 14.7. The van der Waals surface area contributed by atoms with Gasteiger partial charge in [-0.2, -0.15) is 0 Å². The highest BCUT2D eigenvalue weighted by Crippen LogP contribution is 2.18. The molecule has 1 fully saturated rings. The van der Waals surface area contributed by atoms with E-state index < -0.39 is 0 Å². The van der Waals surface area contributed by atoms with Gasteiger partial charge in [0.2, 0.25) is 5.91 Å². The number of oxazole rings is 1. The second kappa shape index (κ2) is 6.90. The summed E-state index contributed by atoms with van der Waals surface area (Å²) < 4.78 is 7.33. The van der Waals surface area contributed by atoms with Crippen LogP contribution in [0.1, 0.15) is 21.8 Å². The van der Waals surface area contributed by atoms with Crippen molar-refractivity contribution in [2.45, 2.75) is 13.3 Å². The first kappa shape index (κ1) is 17.3. The number of fused-ring (bicyclic) bond motifs is 1. The predicted molar refractivity (Wildman–Crippen MR) is 100 cm³/mol. The number of aryl methyl sites for hydroxylation is 2. The van der Waals surface area contributed by atoms with Gasteiger partial charge < -0.3 is 18.8 Å². The van der Waals surface area contributed by atoms with Crippen LogP contribution in [-0.4, -0.2) is 57.3 Å². The van der Waals surface area contributed by atoms with Gasteiger partial charge in [-0.25, -0.2) is 4.98 Å². The summed E-state index contributed by atoms with van der Waals surface area (Å²) in [5.41, 5.74) is 3.12. The van der Waals surface area contributed by atoms with Crippen LogP contribution in [0.2, 0.25) is 0 Å². The van der Waals surface area contributed by atoms with Crippen LogP contribution in [0.4, 0.5) is 0 Å². The smallest absolute Gasteiger partial charge is 0.255 e. The Bertz CT molecular complexity index is 996.